The van der Waals surface area contributed by atoms with Crippen LogP contribution in [-0.2, 0) is 16.6 Å². The van der Waals surface area contributed by atoms with Crippen LogP contribution in [0.15, 0.2) is 47.5 Å². The largest absolute Gasteiger partial charge is 0.364 e. The first kappa shape index (κ1) is 12.2. The summed E-state index contributed by atoms with van der Waals surface area (Å²) in [5, 5.41) is 0.508. The molecule has 0 bridgehead atoms. The Labute approximate surface area is 105 Å². The van der Waals surface area contributed by atoms with Crippen molar-refractivity contribution in [1.29, 1.82) is 0 Å². The number of aromatic nitrogens is 1. The zero-order chi connectivity index (χ0) is 12.3. The highest BCUT2D eigenvalue weighted by Gasteiger charge is 2.13. The van der Waals surface area contributed by atoms with Gasteiger partial charge in [0.15, 0.2) is 0 Å². The minimum Gasteiger partial charge on any atom is -0.364 e. The van der Waals surface area contributed by atoms with Gasteiger partial charge in [-0.25, -0.2) is 13.1 Å². The molecule has 6 heteroatoms. The summed E-state index contributed by atoms with van der Waals surface area (Å²) in [5.74, 6) is 0. The minimum absolute atomic E-state index is 0.202. The highest BCUT2D eigenvalue weighted by molar-refractivity contribution is 7.89. The number of aromatic amines is 1. The Morgan fingerprint density at radius 3 is 2.47 bits per heavy atom. The Morgan fingerprint density at radius 2 is 1.88 bits per heavy atom. The predicted octanol–water partition coefficient (Wildman–Crippen LogP) is 2.15. The van der Waals surface area contributed by atoms with Crippen molar-refractivity contribution in [3.63, 3.8) is 0 Å². The molecule has 2 rings (SSSR count). The van der Waals surface area contributed by atoms with Crippen LogP contribution in [-0.4, -0.2) is 13.4 Å². The number of nitrogens with one attached hydrogen (secondary N) is 2. The van der Waals surface area contributed by atoms with E-state index in [4.69, 9.17) is 11.6 Å². The second-order valence-corrected chi connectivity index (χ2v) is 5.68. The molecule has 0 saturated heterocycles. The van der Waals surface area contributed by atoms with Gasteiger partial charge in [0.05, 0.1) is 11.4 Å². The molecule has 0 aliphatic rings. The van der Waals surface area contributed by atoms with Crippen LogP contribution in [0.5, 0.6) is 0 Å². The van der Waals surface area contributed by atoms with Crippen LogP contribution in [0.4, 0.5) is 0 Å². The number of hydrogen-bond acceptors (Lipinski definition) is 2. The Kier molecular flexibility index (Phi) is 3.51. The lowest BCUT2D eigenvalue weighted by Crippen LogP contribution is -2.23. The van der Waals surface area contributed by atoms with E-state index in [9.17, 15) is 8.42 Å². The average Bonchev–Trinajstić information content (AvgIpc) is 2.80. The summed E-state index contributed by atoms with van der Waals surface area (Å²) >= 11 is 5.70. The summed E-state index contributed by atoms with van der Waals surface area (Å²) in [7, 11) is -3.48. The van der Waals surface area contributed by atoms with Gasteiger partial charge in [0, 0.05) is 16.9 Å². The van der Waals surface area contributed by atoms with Crippen molar-refractivity contribution >= 4 is 21.6 Å². The van der Waals surface area contributed by atoms with Crippen molar-refractivity contribution in [2.75, 3.05) is 0 Å². The summed E-state index contributed by atoms with van der Waals surface area (Å²) in [6.07, 6.45) is 1.74. The molecule has 0 saturated carbocycles. The van der Waals surface area contributed by atoms with Crippen LogP contribution in [0.25, 0.3) is 0 Å². The van der Waals surface area contributed by atoms with E-state index in [1.165, 1.54) is 12.1 Å². The van der Waals surface area contributed by atoms with Crippen LogP contribution >= 0.6 is 11.6 Å². The summed E-state index contributed by atoms with van der Waals surface area (Å²) < 4.78 is 26.2. The molecule has 0 aliphatic carbocycles. The number of sulfonamides is 1. The normalized spacial score (nSPS) is 11.6. The van der Waals surface area contributed by atoms with Gasteiger partial charge in [-0.05, 0) is 36.4 Å². The Hall–Kier alpha value is -1.30. The number of rotatable bonds is 4. The van der Waals surface area contributed by atoms with Gasteiger partial charge in [0.1, 0.15) is 0 Å². The molecular formula is C11H11ClN2O2S. The third-order valence-electron chi connectivity index (χ3n) is 2.24. The molecule has 2 aromatic rings. The molecule has 4 nitrogen and oxygen atoms in total. The molecule has 0 fully saturated rings. The maximum absolute atomic E-state index is 11.9. The van der Waals surface area contributed by atoms with Gasteiger partial charge in [-0.15, -0.1) is 0 Å². The fourth-order valence-corrected chi connectivity index (χ4v) is 2.48. The molecule has 0 radical (unpaired) electrons. The van der Waals surface area contributed by atoms with Crippen LogP contribution in [0.3, 0.4) is 0 Å². The molecule has 0 spiro atoms. The number of H-pyrrole nitrogens is 1. The van der Waals surface area contributed by atoms with Crippen molar-refractivity contribution < 1.29 is 8.42 Å². The summed E-state index contributed by atoms with van der Waals surface area (Å²) in [6, 6.07) is 9.66. The van der Waals surface area contributed by atoms with Crippen molar-refractivity contribution in [2.24, 2.45) is 0 Å². The van der Waals surface area contributed by atoms with E-state index in [-0.39, 0.29) is 11.4 Å². The van der Waals surface area contributed by atoms with E-state index in [0.717, 1.165) is 5.69 Å². The lowest BCUT2D eigenvalue weighted by Gasteiger charge is -2.05. The molecule has 0 aliphatic heterocycles. The Balaban J connectivity index is 2.11. The van der Waals surface area contributed by atoms with E-state index in [2.05, 4.69) is 9.71 Å². The standard InChI is InChI=1S/C11H11ClN2O2S/c12-9-3-5-11(6-4-9)17(15,16)14-8-10-2-1-7-13-10/h1-7,13-14H,8H2. The smallest absolute Gasteiger partial charge is 0.240 e. The third kappa shape index (κ3) is 3.09. The van der Waals surface area contributed by atoms with Gasteiger partial charge < -0.3 is 4.98 Å². The predicted molar refractivity (Wildman–Crippen MR) is 66.3 cm³/mol. The van der Waals surface area contributed by atoms with Crippen LogP contribution < -0.4 is 4.72 Å². The Bertz CT molecular complexity index is 576. The summed E-state index contributed by atoms with van der Waals surface area (Å²) in [5.41, 5.74) is 0.808. The highest BCUT2D eigenvalue weighted by Crippen LogP contribution is 2.14. The van der Waals surface area contributed by atoms with E-state index in [0.29, 0.717) is 5.02 Å². The molecule has 2 N–H and O–H groups in total. The van der Waals surface area contributed by atoms with Crippen molar-refractivity contribution in [3.8, 4) is 0 Å². The SMILES string of the molecule is O=S(=O)(NCc1ccc[nH]1)c1ccc(Cl)cc1. The van der Waals surface area contributed by atoms with Crippen LogP contribution in [0.2, 0.25) is 5.02 Å². The average molecular weight is 271 g/mol. The second kappa shape index (κ2) is 4.91. The Morgan fingerprint density at radius 1 is 1.18 bits per heavy atom. The second-order valence-electron chi connectivity index (χ2n) is 3.47. The van der Waals surface area contributed by atoms with E-state index >= 15 is 0 Å². The number of benzene rings is 1. The zero-order valence-corrected chi connectivity index (χ0v) is 10.4. The zero-order valence-electron chi connectivity index (χ0n) is 8.85. The van der Waals surface area contributed by atoms with Gasteiger partial charge >= 0.3 is 0 Å². The van der Waals surface area contributed by atoms with Gasteiger partial charge in [0.25, 0.3) is 0 Å². The van der Waals surface area contributed by atoms with Gasteiger partial charge in [-0.3, -0.25) is 0 Å². The molecular weight excluding hydrogens is 260 g/mol. The molecule has 0 atom stereocenters. The lowest BCUT2D eigenvalue weighted by atomic mass is 10.4. The van der Waals surface area contributed by atoms with Crippen molar-refractivity contribution in [2.45, 2.75) is 11.4 Å². The van der Waals surface area contributed by atoms with Crippen molar-refractivity contribution in [3.05, 3.63) is 53.3 Å². The summed E-state index contributed by atoms with van der Waals surface area (Å²) in [6.45, 7) is 0.234. The molecule has 1 aromatic carbocycles. The van der Waals surface area contributed by atoms with Gasteiger partial charge in [-0.1, -0.05) is 11.6 Å². The van der Waals surface area contributed by atoms with E-state index < -0.39 is 10.0 Å². The third-order valence-corrected chi connectivity index (χ3v) is 3.91. The minimum atomic E-state index is -3.48. The molecule has 0 amide bonds. The quantitative estimate of drug-likeness (QED) is 0.894. The maximum atomic E-state index is 11.9. The topological polar surface area (TPSA) is 62.0 Å². The molecule has 1 heterocycles. The van der Waals surface area contributed by atoms with E-state index in [1.54, 1.807) is 18.3 Å². The van der Waals surface area contributed by atoms with Gasteiger partial charge in [-0.2, -0.15) is 0 Å². The first-order valence-electron chi connectivity index (χ1n) is 4.95. The molecule has 90 valence electrons. The maximum Gasteiger partial charge on any atom is 0.240 e. The van der Waals surface area contributed by atoms with Gasteiger partial charge in [0.2, 0.25) is 10.0 Å². The number of hydrogen-bond donors (Lipinski definition) is 2. The van der Waals surface area contributed by atoms with Crippen LogP contribution in [0.1, 0.15) is 5.69 Å². The highest BCUT2D eigenvalue weighted by atomic mass is 35.5. The molecule has 0 unspecified atom stereocenters. The monoisotopic (exact) mass is 270 g/mol. The van der Waals surface area contributed by atoms with Crippen LogP contribution in [0, 0.1) is 0 Å². The molecule has 17 heavy (non-hydrogen) atoms. The van der Waals surface area contributed by atoms with Crippen molar-refractivity contribution in [1.82, 2.24) is 9.71 Å². The fraction of sp³-hybridized carbons (Fsp3) is 0.0909. The molecule has 1 aromatic heterocycles. The fourth-order valence-electron chi connectivity index (χ4n) is 1.35. The lowest BCUT2D eigenvalue weighted by molar-refractivity contribution is 0.580. The van der Waals surface area contributed by atoms with E-state index in [1.807, 2.05) is 12.1 Å². The summed E-state index contributed by atoms with van der Waals surface area (Å²) in [4.78, 5) is 3.12. The number of halogens is 1. The first-order chi connectivity index (χ1) is 8.08. The first-order valence-corrected chi connectivity index (χ1v) is 6.81.